The number of fused-ring (bicyclic) bond motifs is 3. The summed E-state index contributed by atoms with van der Waals surface area (Å²) in [5.74, 6) is -3.05. The number of benzene rings is 4. The van der Waals surface area contributed by atoms with Gasteiger partial charge in [-0.25, -0.2) is 4.39 Å². The number of anilines is 1. The molecule has 4 aromatic rings. The number of hydrogen-bond donors (Lipinski definition) is 4. The van der Waals surface area contributed by atoms with Crippen molar-refractivity contribution in [1.29, 1.82) is 0 Å². The van der Waals surface area contributed by atoms with Crippen molar-refractivity contribution in [3.8, 4) is 0 Å². The summed E-state index contributed by atoms with van der Waals surface area (Å²) in [5, 5.41) is 28.9. The summed E-state index contributed by atoms with van der Waals surface area (Å²) >= 11 is 13.1. The summed E-state index contributed by atoms with van der Waals surface area (Å²) < 4.78 is 52.1. The molecule has 2 amide bonds. The van der Waals surface area contributed by atoms with Gasteiger partial charge in [-0.15, -0.1) is 0 Å². The number of nitrogens with one attached hydrogen (secondary N) is 2. The first-order valence-electron chi connectivity index (χ1n) is 18.8. The summed E-state index contributed by atoms with van der Waals surface area (Å²) in [6.07, 6.45) is -1.22. The Morgan fingerprint density at radius 3 is 2.21 bits per heavy atom. The van der Waals surface area contributed by atoms with Gasteiger partial charge in [-0.3, -0.25) is 23.3 Å². The molecule has 0 aromatic heterocycles. The number of hydrogen-bond acceptors (Lipinski definition) is 6. The lowest BCUT2D eigenvalue weighted by Gasteiger charge is -2.63. The highest BCUT2D eigenvalue weighted by Crippen LogP contribution is 2.74. The standard InChI is InChI=1S/C43H42Cl2F3N3O5/c44-28-11-14-33-34(18-28)50-40(55)43(33)35(27-15-29(45)17-30(48)16-27)37(39(54)49-31-12-13-32(19-52)56-20-31)51(42(43)21-41(22-42,23-46)24-47)36(25-7-3-1-4-8-25)38(53)26-9-5-2-6-10-26/h1-11,14-18,31-32,35-38,52-53H,12-13,19-24H2,(H,49,54)(H,50,55)/t31?,32-,35-,36+,37+,38-,43?/m0/s1. The van der Waals surface area contributed by atoms with E-state index in [9.17, 15) is 10.2 Å². The number of likely N-dealkylation sites (tertiary alicyclic amines) is 1. The summed E-state index contributed by atoms with van der Waals surface area (Å²) in [5.41, 5.74) is -2.80. The summed E-state index contributed by atoms with van der Waals surface area (Å²) in [6, 6.07) is 23.7. The molecule has 3 heterocycles. The van der Waals surface area contributed by atoms with Crippen LogP contribution < -0.4 is 10.6 Å². The lowest BCUT2D eigenvalue weighted by Crippen LogP contribution is -2.72. The molecule has 7 atom stereocenters. The zero-order chi connectivity index (χ0) is 39.4. The monoisotopic (exact) mass is 807 g/mol. The number of carbonyl (C=O) groups is 2. The number of amides is 2. The molecular weight excluding hydrogens is 766 g/mol. The van der Waals surface area contributed by atoms with Gasteiger partial charge in [-0.1, -0.05) is 89.9 Å². The van der Waals surface area contributed by atoms with E-state index in [1.54, 1.807) is 72.8 Å². The van der Waals surface area contributed by atoms with E-state index < -0.39 is 83.6 Å². The van der Waals surface area contributed by atoms with E-state index in [4.69, 9.17) is 27.9 Å². The Labute approximate surface area is 333 Å². The highest BCUT2D eigenvalue weighted by Gasteiger charge is 2.81. The van der Waals surface area contributed by atoms with E-state index in [1.165, 1.54) is 12.1 Å². The van der Waals surface area contributed by atoms with E-state index in [-0.39, 0.29) is 36.6 Å². The van der Waals surface area contributed by atoms with Crippen LogP contribution in [-0.4, -0.2) is 77.2 Å². The number of aliphatic hydroxyl groups excluding tert-OH is 2. The van der Waals surface area contributed by atoms with Crippen molar-refractivity contribution in [3.63, 3.8) is 0 Å². The zero-order valence-corrected chi connectivity index (χ0v) is 31.8. The molecule has 8 nitrogen and oxygen atoms in total. The third kappa shape index (κ3) is 6.13. The Morgan fingerprint density at radius 2 is 1.61 bits per heavy atom. The van der Waals surface area contributed by atoms with E-state index in [0.29, 0.717) is 40.2 Å². The summed E-state index contributed by atoms with van der Waals surface area (Å²) in [7, 11) is 0. The second-order valence-corrected chi connectivity index (χ2v) is 16.6. The molecule has 0 bridgehead atoms. The molecule has 3 fully saturated rings. The Bertz CT molecular complexity index is 2070. The highest BCUT2D eigenvalue weighted by atomic mass is 35.5. The van der Waals surface area contributed by atoms with Crippen LogP contribution in [0.1, 0.15) is 66.0 Å². The Morgan fingerprint density at radius 1 is 0.929 bits per heavy atom. The molecular formula is C43H42Cl2F3N3O5. The van der Waals surface area contributed by atoms with Crippen molar-refractivity contribution < 1.29 is 37.7 Å². The minimum absolute atomic E-state index is 0.0201. The van der Waals surface area contributed by atoms with E-state index in [2.05, 4.69) is 10.6 Å². The van der Waals surface area contributed by atoms with Crippen molar-refractivity contribution in [3.05, 3.63) is 135 Å². The third-order valence-electron chi connectivity index (χ3n) is 12.5. The molecule has 1 aliphatic carbocycles. The van der Waals surface area contributed by atoms with Crippen LogP contribution in [0, 0.1) is 11.2 Å². The topological polar surface area (TPSA) is 111 Å². The lowest BCUT2D eigenvalue weighted by molar-refractivity contribution is -0.166. The van der Waals surface area contributed by atoms with Crippen LogP contribution in [-0.2, 0) is 19.7 Å². The molecule has 294 valence electrons. The van der Waals surface area contributed by atoms with Crippen LogP contribution in [0.5, 0.6) is 0 Å². The molecule has 3 aliphatic heterocycles. The second-order valence-electron chi connectivity index (χ2n) is 15.8. The molecule has 1 saturated carbocycles. The van der Waals surface area contributed by atoms with Gasteiger partial charge in [0, 0.05) is 32.6 Å². The van der Waals surface area contributed by atoms with Crippen LogP contribution in [0.15, 0.2) is 97.1 Å². The first kappa shape index (κ1) is 38.9. The molecule has 2 saturated heterocycles. The smallest absolute Gasteiger partial charge is 0.238 e. The number of halogens is 5. The Hall–Kier alpha value is -3.97. The van der Waals surface area contributed by atoms with Gasteiger partial charge >= 0.3 is 0 Å². The van der Waals surface area contributed by atoms with Crippen molar-refractivity contribution in [2.24, 2.45) is 5.41 Å². The average Bonchev–Trinajstić information content (AvgIpc) is 3.63. The quantitative estimate of drug-likeness (QED) is 0.133. The maximum Gasteiger partial charge on any atom is 0.238 e. The second kappa shape index (κ2) is 15.1. The van der Waals surface area contributed by atoms with Crippen LogP contribution in [0.3, 0.4) is 0 Å². The first-order valence-corrected chi connectivity index (χ1v) is 19.5. The molecule has 8 rings (SSSR count). The Kier molecular flexibility index (Phi) is 10.5. The van der Waals surface area contributed by atoms with Crippen molar-refractivity contribution >= 4 is 40.7 Å². The van der Waals surface area contributed by atoms with Crippen molar-refractivity contribution in [2.45, 2.75) is 72.9 Å². The van der Waals surface area contributed by atoms with Crippen LogP contribution in [0.2, 0.25) is 10.0 Å². The number of carbonyl (C=O) groups excluding carboxylic acids is 2. The van der Waals surface area contributed by atoms with E-state index in [1.807, 2.05) is 11.0 Å². The third-order valence-corrected chi connectivity index (χ3v) is 13.0. The number of nitrogens with zero attached hydrogens (tertiary/aromatic N) is 1. The van der Waals surface area contributed by atoms with Crippen molar-refractivity contribution in [1.82, 2.24) is 10.2 Å². The van der Waals surface area contributed by atoms with Gasteiger partial charge in [-0.2, -0.15) is 0 Å². The average molecular weight is 809 g/mol. The predicted octanol–water partition coefficient (Wildman–Crippen LogP) is 7.38. The molecule has 4 aliphatic rings. The van der Waals surface area contributed by atoms with Gasteiger partial charge in [0.05, 0.1) is 56.9 Å². The summed E-state index contributed by atoms with van der Waals surface area (Å²) in [6.45, 7) is -2.16. The maximum atomic E-state index is 15.7. The predicted molar refractivity (Wildman–Crippen MR) is 206 cm³/mol. The van der Waals surface area contributed by atoms with Crippen molar-refractivity contribution in [2.75, 3.05) is 31.9 Å². The zero-order valence-electron chi connectivity index (χ0n) is 30.3. The van der Waals surface area contributed by atoms with Gasteiger partial charge in [0.25, 0.3) is 0 Å². The molecule has 2 unspecified atom stereocenters. The minimum Gasteiger partial charge on any atom is -0.394 e. The largest absolute Gasteiger partial charge is 0.394 e. The van der Waals surface area contributed by atoms with Crippen LogP contribution in [0.25, 0.3) is 0 Å². The number of alkyl halides is 2. The molecule has 0 radical (unpaired) electrons. The van der Waals surface area contributed by atoms with Gasteiger partial charge in [0.15, 0.2) is 0 Å². The fourth-order valence-corrected chi connectivity index (χ4v) is 10.7. The Balaban J connectivity index is 1.45. The minimum atomic E-state index is -1.80. The molecule has 13 heteroatoms. The summed E-state index contributed by atoms with van der Waals surface area (Å²) in [4.78, 5) is 32.7. The number of ether oxygens (including phenoxy) is 1. The van der Waals surface area contributed by atoms with E-state index >= 15 is 22.8 Å². The SMILES string of the molecule is O=C(NC1CC[C@@H](CO)OC1)[C@H]1[C@H](c2cc(F)cc(Cl)c2)C2(C(=O)Nc3cc(Cl)ccc32)C2(CC(CF)(CF)C2)N1[C@H](c1ccccc1)[C@@H](O)c1ccccc1. The van der Waals surface area contributed by atoms with E-state index in [0.717, 1.165) is 6.07 Å². The van der Waals surface area contributed by atoms with Gasteiger partial charge < -0.3 is 25.6 Å². The number of aliphatic hydroxyl groups is 2. The molecule has 4 N–H and O–H groups in total. The maximum absolute atomic E-state index is 15.7. The fourth-order valence-electron chi connectivity index (χ4n) is 10.3. The normalized spacial score (nSPS) is 27.4. The molecule has 56 heavy (non-hydrogen) atoms. The first-order chi connectivity index (χ1) is 27.0. The molecule has 4 aromatic carbocycles. The fraction of sp³-hybridized carbons (Fsp3) is 0.395. The van der Waals surface area contributed by atoms with Crippen LogP contribution in [0.4, 0.5) is 18.9 Å². The van der Waals surface area contributed by atoms with Gasteiger partial charge in [0.1, 0.15) is 11.2 Å². The van der Waals surface area contributed by atoms with Gasteiger partial charge in [-0.05, 0) is 78.3 Å². The molecule has 2 spiro atoms. The van der Waals surface area contributed by atoms with Gasteiger partial charge in [0.2, 0.25) is 11.8 Å². The number of rotatable bonds is 10. The lowest BCUT2D eigenvalue weighted by atomic mass is 9.45. The highest BCUT2D eigenvalue weighted by molar-refractivity contribution is 6.31. The van der Waals surface area contributed by atoms with Crippen LogP contribution >= 0.6 is 23.2 Å².